The molecular formula is C8H10N6. The number of hydrogen-bond donors (Lipinski definition) is 2. The van der Waals surface area contributed by atoms with Crippen LogP contribution in [0.25, 0.3) is 11.6 Å². The fourth-order valence-electron chi connectivity index (χ4n) is 1.12. The number of aryl methyl sites for hydroxylation is 1. The number of anilines is 1. The standard InChI is InChI=1S/C8H10N6/c1-5-3-6(9-2)13-8(12-5)7-10-4-11-14-7/h3-4H,1-2H3,(H,9,12,13)(H,10,11,14). The van der Waals surface area contributed by atoms with Gasteiger partial charge in [0.05, 0.1) is 0 Å². The van der Waals surface area contributed by atoms with Crippen LogP contribution in [-0.2, 0) is 0 Å². The van der Waals surface area contributed by atoms with E-state index >= 15 is 0 Å². The Balaban J connectivity index is 2.48. The van der Waals surface area contributed by atoms with Crippen molar-refractivity contribution in [1.82, 2.24) is 25.1 Å². The van der Waals surface area contributed by atoms with E-state index in [0.29, 0.717) is 11.6 Å². The Kier molecular flexibility index (Phi) is 2.10. The molecule has 0 spiro atoms. The molecule has 0 bridgehead atoms. The first kappa shape index (κ1) is 8.61. The van der Waals surface area contributed by atoms with Crippen molar-refractivity contribution in [3.63, 3.8) is 0 Å². The maximum absolute atomic E-state index is 4.24. The predicted octanol–water partition coefficient (Wildman–Crippen LogP) is 0.612. The molecule has 2 heterocycles. The summed E-state index contributed by atoms with van der Waals surface area (Å²) in [5.74, 6) is 1.89. The maximum atomic E-state index is 4.24. The highest BCUT2D eigenvalue weighted by Crippen LogP contribution is 2.12. The van der Waals surface area contributed by atoms with Crippen molar-refractivity contribution >= 4 is 5.82 Å². The summed E-state index contributed by atoms with van der Waals surface area (Å²) in [6.45, 7) is 1.91. The number of rotatable bonds is 2. The van der Waals surface area contributed by atoms with E-state index in [1.54, 1.807) is 0 Å². The fourth-order valence-corrected chi connectivity index (χ4v) is 1.12. The van der Waals surface area contributed by atoms with Crippen molar-refractivity contribution in [3.8, 4) is 11.6 Å². The topological polar surface area (TPSA) is 79.4 Å². The molecule has 0 aliphatic heterocycles. The molecule has 0 amide bonds. The van der Waals surface area contributed by atoms with Crippen LogP contribution in [0.3, 0.4) is 0 Å². The Hall–Kier alpha value is -1.98. The molecule has 0 aromatic carbocycles. The molecule has 0 aliphatic rings. The van der Waals surface area contributed by atoms with Crippen molar-refractivity contribution in [2.24, 2.45) is 0 Å². The molecule has 0 atom stereocenters. The largest absolute Gasteiger partial charge is 0.373 e. The highest BCUT2D eigenvalue weighted by molar-refractivity contribution is 5.48. The summed E-state index contributed by atoms with van der Waals surface area (Å²) in [7, 11) is 1.81. The molecule has 6 nitrogen and oxygen atoms in total. The van der Waals surface area contributed by atoms with Crippen LogP contribution in [0.1, 0.15) is 5.69 Å². The molecule has 14 heavy (non-hydrogen) atoms. The first-order valence-electron chi connectivity index (χ1n) is 4.19. The smallest absolute Gasteiger partial charge is 0.199 e. The van der Waals surface area contributed by atoms with Gasteiger partial charge in [0.2, 0.25) is 0 Å². The van der Waals surface area contributed by atoms with E-state index < -0.39 is 0 Å². The normalized spacial score (nSPS) is 10.1. The van der Waals surface area contributed by atoms with E-state index in [4.69, 9.17) is 0 Å². The first-order valence-corrected chi connectivity index (χ1v) is 4.19. The quantitative estimate of drug-likeness (QED) is 0.725. The molecular weight excluding hydrogens is 180 g/mol. The van der Waals surface area contributed by atoms with Crippen LogP contribution < -0.4 is 5.32 Å². The van der Waals surface area contributed by atoms with Gasteiger partial charge in [0, 0.05) is 18.8 Å². The van der Waals surface area contributed by atoms with E-state index in [-0.39, 0.29) is 0 Å². The Morgan fingerprint density at radius 3 is 2.86 bits per heavy atom. The van der Waals surface area contributed by atoms with Crippen LogP contribution in [0, 0.1) is 6.92 Å². The summed E-state index contributed by atoms with van der Waals surface area (Å²) in [6.07, 6.45) is 1.43. The zero-order chi connectivity index (χ0) is 9.97. The van der Waals surface area contributed by atoms with Gasteiger partial charge in [0.15, 0.2) is 11.6 Å². The monoisotopic (exact) mass is 190 g/mol. The molecule has 2 aromatic rings. The lowest BCUT2D eigenvalue weighted by Gasteiger charge is -2.02. The second-order valence-corrected chi connectivity index (χ2v) is 2.80. The minimum absolute atomic E-state index is 0.548. The molecule has 2 N–H and O–H groups in total. The Morgan fingerprint density at radius 1 is 1.36 bits per heavy atom. The zero-order valence-corrected chi connectivity index (χ0v) is 7.94. The molecule has 0 saturated heterocycles. The van der Waals surface area contributed by atoms with Gasteiger partial charge in [0.25, 0.3) is 0 Å². The second kappa shape index (κ2) is 3.41. The van der Waals surface area contributed by atoms with Crippen molar-refractivity contribution in [1.29, 1.82) is 0 Å². The maximum Gasteiger partial charge on any atom is 0.199 e. The van der Waals surface area contributed by atoms with E-state index in [0.717, 1.165) is 11.5 Å². The number of nitrogens with one attached hydrogen (secondary N) is 2. The van der Waals surface area contributed by atoms with Crippen molar-refractivity contribution in [2.75, 3.05) is 12.4 Å². The second-order valence-electron chi connectivity index (χ2n) is 2.80. The Morgan fingerprint density at radius 2 is 2.21 bits per heavy atom. The number of nitrogens with zero attached hydrogens (tertiary/aromatic N) is 4. The van der Waals surface area contributed by atoms with Gasteiger partial charge in [-0.1, -0.05) is 0 Å². The van der Waals surface area contributed by atoms with Crippen LogP contribution in [-0.4, -0.2) is 32.2 Å². The highest BCUT2D eigenvalue weighted by Gasteiger charge is 2.05. The van der Waals surface area contributed by atoms with Crippen LogP contribution in [0.5, 0.6) is 0 Å². The summed E-state index contributed by atoms with van der Waals surface area (Å²) >= 11 is 0. The molecule has 0 fully saturated rings. The molecule has 0 unspecified atom stereocenters. The number of aromatic amines is 1. The number of aromatic nitrogens is 5. The van der Waals surface area contributed by atoms with Crippen LogP contribution >= 0.6 is 0 Å². The molecule has 6 heteroatoms. The first-order chi connectivity index (χ1) is 6.79. The van der Waals surface area contributed by atoms with Crippen LogP contribution in [0.4, 0.5) is 5.82 Å². The van der Waals surface area contributed by atoms with E-state index in [1.807, 2.05) is 20.0 Å². The fraction of sp³-hybridized carbons (Fsp3) is 0.250. The summed E-state index contributed by atoms with van der Waals surface area (Å²) in [6, 6.07) is 1.86. The van der Waals surface area contributed by atoms with Crippen molar-refractivity contribution in [2.45, 2.75) is 6.92 Å². The lowest BCUT2D eigenvalue weighted by atomic mass is 10.4. The van der Waals surface area contributed by atoms with Gasteiger partial charge in [0.1, 0.15) is 12.1 Å². The summed E-state index contributed by atoms with van der Waals surface area (Å²) in [5.41, 5.74) is 0.885. The highest BCUT2D eigenvalue weighted by atomic mass is 15.2. The van der Waals surface area contributed by atoms with Crippen molar-refractivity contribution < 1.29 is 0 Å². The molecule has 72 valence electrons. The lowest BCUT2D eigenvalue weighted by molar-refractivity contribution is 1.04. The average molecular weight is 190 g/mol. The molecule has 0 aliphatic carbocycles. The summed E-state index contributed by atoms with van der Waals surface area (Å²) < 4.78 is 0. The van der Waals surface area contributed by atoms with Gasteiger partial charge in [-0.3, -0.25) is 5.10 Å². The van der Waals surface area contributed by atoms with Crippen LogP contribution in [0.15, 0.2) is 12.4 Å². The Labute approximate surface area is 80.8 Å². The lowest BCUT2D eigenvalue weighted by Crippen LogP contribution is -1.99. The molecule has 2 rings (SSSR count). The van der Waals surface area contributed by atoms with Crippen LogP contribution in [0.2, 0.25) is 0 Å². The van der Waals surface area contributed by atoms with Crippen molar-refractivity contribution in [3.05, 3.63) is 18.1 Å². The predicted molar refractivity (Wildman–Crippen MR) is 51.7 cm³/mol. The van der Waals surface area contributed by atoms with Gasteiger partial charge >= 0.3 is 0 Å². The van der Waals surface area contributed by atoms with E-state index in [9.17, 15) is 0 Å². The molecule has 0 radical (unpaired) electrons. The third-order valence-electron chi connectivity index (χ3n) is 1.74. The number of hydrogen-bond acceptors (Lipinski definition) is 5. The third kappa shape index (κ3) is 1.54. The Bertz CT molecular complexity index is 421. The number of H-pyrrole nitrogens is 1. The summed E-state index contributed by atoms with van der Waals surface area (Å²) in [5, 5.41) is 9.42. The minimum Gasteiger partial charge on any atom is -0.373 e. The minimum atomic E-state index is 0.548. The van der Waals surface area contributed by atoms with Gasteiger partial charge in [-0.25, -0.2) is 15.0 Å². The van der Waals surface area contributed by atoms with E-state index in [2.05, 4.69) is 30.5 Å². The zero-order valence-electron chi connectivity index (χ0n) is 7.94. The van der Waals surface area contributed by atoms with Gasteiger partial charge < -0.3 is 5.32 Å². The average Bonchev–Trinajstić information content (AvgIpc) is 2.69. The van der Waals surface area contributed by atoms with Gasteiger partial charge in [-0.05, 0) is 6.92 Å². The van der Waals surface area contributed by atoms with Gasteiger partial charge in [-0.15, -0.1) is 0 Å². The van der Waals surface area contributed by atoms with E-state index in [1.165, 1.54) is 6.33 Å². The summed E-state index contributed by atoms with van der Waals surface area (Å²) in [4.78, 5) is 12.5. The third-order valence-corrected chi connectivity index (χ3v) is 1.74. The van der Waals surface area contributed by atoms with Gasteiger partial charge in [-0.2, -0.15) is 5.10 Å². The molecule has 0 saturated carbocycles. The molecule has 2 aromatic heterocycles. The SMILES string of the molecule is CNc1cc(C)nc(-c2ncn[nH]2)n1.